The predicted octanol–water partition coefficient (Wildman–Crippen LogP) is -0.251. The Kier molecular flexibility index (Phi) is 6.10. The van der Waals surface area contributed by atoms with Crippen molar-refractivity contribution in [1.29, 1.82) is 0 Å². The molecule has 11 heavy (non-hydrogen) atoms. The van der Waals surface area contributed by atoms with E-state index in [-0.39, 0.29) is 0 Å². The highest BCUT2D eigenvalue weighted by atomic mass is 32.1. The summed E-state index contributed by atoms with van der Waals surface area (Å²) in [5, 5.41) is 3.45. The van der Waals surface area contributed by atoms with Gasteiger partial charge in [0.15, 0.2) is 5.11 Å². The van der Waals surface area contributed by atoms with E-state index < -0.39 is 0 Å². The van der Waals surface area contributed by atoms with Crippen LogP contribution in [0, 0.1) is 0 Å². The zero-order valence-electron chi connectivity index (χ0n) is 6.89. The van der Waals surface area contributed by atoms with Crippen LogP contribution in [0.15, 0.2) is 0 Å². The molecule has 1 unspecified atom stereocenters. The summed E-state index contributed by atoms with van der Waals surface area (Å²) >= 11 is 4.79. The quantitative estimate of drug-likeness (QED) is 0.314. The molecule has 0 aliphatic carbocycles. The molecule has 0 aliphatic heterocycles. The molecule has 1 atom stereocenters. The standard InChI is InChI=1S/C6H15N3OS/c1-5(3-4-10-2)8-6(11)9-7/h5H,3-4,7H2,1-2H3,(H2,8,9,11). The lowest BCUT2D eigenvalue weighted by Gasteiger charge is -2.14. The molecule has 0 heterocycles. The summed E-state index contributed by atoms with van der Waals surface area (Å²) in [6.45, 7) is 2.74. The fourth-order valence-electron chi connectivity index (χ4n) is 0.632. The molecule has 0 saturated heterocycles. The monoisotopic (exact) mass is 177 g/mol. The number of nitrogens with two attached hydrogens (primary N) is 1. The smallest absolute Gasteiger partial charge is 0.180 e. The lowest BCUT2D eigenvalue weighted by atomic mass is 10.2. The van der Waals surface area contributed by atoms with E-state index in [1.807, 2.05) is 6.92 Å². The summed E-state index contributed by atoms with van der Waals surface area (Å²) in [7, 11) is 1.67. The minimum atomic E-state index is 0.290. The molecule has 0 bridgehead atoms. The van der Waals surface area contributed by atoms with Crippen molar-refractivity contribution in [3.8, 4) is 0 Å². The first kappa shape index (κ1) is 10.6. The molecule has 0 aromatic rings. The van der Waals surface area contributed by atoms with E-state index in [1.165, 1.54) is 0 Å². The van der Waals surface area contributed by atoms with E-state index in [1.54, 1.807) is 7.11 Å². The largest absolute Gasteiger partial charge is 0.385 e. The predicted molar refractivity (Wildman–Crippen MR) is 49.0 cm³/mol. The van der Waals surface area contributed by atoms with Crippen LogP contribution in [0.2, 0.25) is 0 Å². The number of nitrogens with one attached hydrogen (secondary N) is 2. The number of thiocarbonyl (C=S) groups is 1. The van der Waals surface area contributed by atoms with E-state index >= 15 is 0 Å². The number of hydrazine groups is 1. The van der Waals surface area contributed by atoms with Crippen LogP contribution >= 0.6 is 12.2 Å². The Bertz CT molecular complexity index is 120. The van der Waals surface area contributed by atoms with Crippen molar-refractivity contribution < 1.29 is 4.74 Å². The zero-order chi connectivity index (χ0) is 8.69. The number of methoxy groups -OCH3 is 1. The van der Waals surface area contributed by atoms with Gasteiger partial charge in [0.1, 0.15) is 0 Å². The third kappa shape index (κ3) is 6.03. The highest BCUT2D eigenvalue weighted by Gasteiger charge is 2.01. The van der Waals surface area contributed by atoms with Crippen molar-refractivity contribution in [3.63, 3.8) is 0 Å². The third-order valence-electron chi connectivity index (χ3n) is 1.26. The maximum Gasteiger partial charge on any atom is 0.180 e. The molecular formula is C6H15N3OS. The van der Waals surface area contributed by atoms with Crippen LogP contribution in [0.3, 0.4) is 0 Å². The number of hydrogen-bond acceptors (Lipinski definition) is 3. The van der Waals surface area contributed by atoms with E-state index in [2.05, 4.69) is 10.7 Å². The summed E-state index contributed by atoms with van der Waals surface area (Å²) in [6, 6.07) is 0.290. The van der Waals surface area contributed by atoms with Crippen molar-refractivity contribution in [3.05, 3.63) is 0 Å². The highest BCUT2D eigenvalue weighted by molar-refractivity contribution is 7.80. The van der Waals surface area contributed by atoms with Crippen molar-refractivity contribution in [1.82, 2.24) is 10.7 Å². The summed E-state index contributed by atoms with van der Waals surface area (Å²) in [5.74, 6) is 5.06. The summed E-state index contributed by atoms with van der Waals surface area (Å²) in [5.41, 5.74) is 2.35. The van der Waals surface area contributed by atoms with Gasteiger partial charge in [0.2, 0.25) is 0 Å². The number of rotatable bonds is 4. The first-order chi connectivity index (χ1) is 5.20. The second-order valence-corrected chi connectivity index (χ2v) is 2.71. The van der Waals surface area contributed by atoms with Crippen molar-refractivity contribution in [2.24, 2.45) is 5.84 Å². The molecular weight excluding hydrogens is 162 g/mol. The van der Waals surface area contributed by atoms with Gasteiger partial charge in [0, 0.05) is 19.8 Å². The molecule has 4 N–H and O–H groups in total. The first-order valence-electron chi connectivity index (χ1n) is 3.46. The average molecular weight is 177 g/mol. The van der Waals surface area contributed by atoms with E-state index in [4.69, 9.17) is 22.8 Å². The maximum atomic E-state index is 5.06. The van der Waals surface area contributed by atoms with Gasteiger partial charge in [-0.05, 0) is 25.6 Å². The van der Waals surface area contributed by atoms with Gasteiger partial charge >= 0.3 is 0 Å². The normalized spacial score (nSPS) is 12.3. The minimum Gasteiger partial charge on any atom is -0.385 e. The summed E-state index contributed by atoms with van der Waals surface area (Å²) in [4.78, 5) is 0. The molecule has 0 aromatic heterocycles. The molecule has 0 radical (unpaired) electrons. The fourth-order valence-corrected chi connectivity index (χ4v) is 0.833. The Hall–Kier alpha value is -0.390. The Labute approximate surface area is 72.4 Å². The van der Waals surface area contributed by atoms with Gasteiger partial charge in [-0.15, -0.1) is 0 Å². The molecule has 4 nitrogen and oxygen atoms in total. The Morgan fingerprint density at radius 2 is 2.36 bits per heavy atom. The lowest BCUT2D eigenvalue weighted by molar-refractivity contribution is 0.187. The Morgan fingerprint density at radius 1 is 1.73 bits per heavy atom. The van der Waals surface area contributed by atoms with E-state index in [9.17, 15) is 0 Å². The van der Waals surface area contributed by atoms with Crippen LogP contribution in [0.1, 0.15) is 13.3 Å². The summed E-state index contributed by atoms with van der Waals surface area (Å²) in [6.07, 6.45) is 0.915. The van der Waals surface area contributed by atoms with Crippen molar-refractivity contribution in [2.45, 2.75) is 19.4 Å². The first-order valence-corrected chi connectivity index (χ1v) is 3.87. The van der Waals surface area contributed by atoms with Gasteiger partial charge in [-0.2, -0.15) is 0 Å². The van der Waals surface area contributed by atoms with Crippen molar-refractivity contribution >= 4 is 17.3 Å². The second-order valence-electron chi connectivity index (χ2n) is 2.30. The minimum absolute atomic E-state index is 0.290. The van der Waals surface area contributed by atoms with Gasteiger partial charge in [0.25, 0.3) is 0 Å². The molecule has 0 fully saturated rings. The number of hydrogen-bond donors (Lipinski definition) is 3. The fraction of sp³-hybridized carbons (Fsp3) is 0.833. The van der Waals surface area contributed by atoms with Gasteiger partial charge in [0.05, 0.1) is 0 Å². The average Bonchev–Trinajstić information content (AvgIpc) is 2.00. The highest BCUT2D eigenvalue weighted by Crippen LogP contribution is 1.89. The summed E-state index contributed by atoms with van der Waals surface area (Å²) < 4.78 is 4.89. The van der Waals surface area contributed by atoms with Gasteiger partial charge in [-0.1, -0.05) is 0 Å². The van der Waals surface area contributed by atoms with Crippen LogP contribution in [0.25, 0.3) is 0 Å². The molecule has 0 amide bonds. The Morgan fingerprint density at radius 3 is 2.82 bits per heavy atom. The molecule has 0 aromatic carbocycles. The van der Waals surface area contributed by atoms with Crippen LogP contribution in [0.4, 0.5) is 0 Å². The van der Waals surface area contributed by atoms with Crippen LogP contribution < -0.4 is 16.6 Å². The third-order valence-corrected chi connectivity index (χ3v) is 1.50. The molecule has 66 valence electrons. The van der Waals surface area contributed by atoms with E-state index in [0.29, 0.717) is 11.2 Å². The van der Waals surface area contributed by atoms with Crippen molar-refractivity contribution in [2.75, 3.05) is 13.7 Å². The molecule has 0 saturated carbocycles. The number of ether oxygens (including phenoxy) is 1. The molecule has 5 heteroatoms. The zero-order valence-corrected chi connectivity index (χ0v) is 7.70. The molecule has 0 spiro atoms. The topological polar surface area (TPSA) is 59.3 Å². The SMILES string of the molecule is COCCC(C)NC(=S)NN. The van der Waals surface area contributed by atoms with Gasteiger partial charge < -0.3 is 15.5 Å². The van der Waals surface area contributed by atoms with Gasteiger partial charge in [-0.25, -0.2) is 5.84 Å². The Balaban J connectivity index is 3.35. The lowest BCUT2D eigenvalue weighted by Crippen LogP contribution is -2.44. The second kappa shape index (κ2) is 6.33. The van der Waals surface area contributed by atoms with Crippen LogP contribution in [-0.2, 0) is 4.74 Å². The molecule has 0 aliphatic rings. The van der Waals surface area contributed by atoms with Crippen LogP contribution in [-0.4, -0.2) is 24.9 Å². The maximum absolute atomic E-state index is 5.06. The van der Waals surface area contributed by atoms with Gasteiger partial charge in [-0.3, -0.25) is 0 Å². The molecule has 0 rings (SSSR count). The van der Waals surface area contributed by atoms with Crippen LogP contribution in [0.5, 0.6) is 0 Å². The van der Waals surface area contributed by atoms with E-state index in [0.717, 1.165) is 13.0 Å².